The number of hydrogen-bond donors (Lipinski definition) is 0. The molecule has 2 aromatic carbocycles. The van der Waals surface area contributed by atoms with Gasteiger partial charge in [0, 0.05) is 51.7 Å². The first-order valence-electron chi connectivity index (χ1n) is 38.8. The molecule has 0 aromatic heterocycles. The van der Waals surface area contributed by atoms with E-state index in [1.54, 1.807) is 28.4 Å². The van der Waals surface area contributed by atoms with E-state index in [0.29, 0.717) is 77.8 Å². The predicted octanol–water partition coefficient (Wildman–Crippen LogP) is 19.0. The molecule has 4 aliphatic rings. The number of methoxy groups -OCH3 is 4. The summed E-state index contributed by atoms with van der Waals surface area (Å²) in [6, 6.07) is 15.9. The van der Waals surface area contributed by atoms with E-state index in [9.17, 15) is 9.59 Å². The van der Waals surface area contributed by atoms with E-state index in [4.69, 9.17) is 69.8 Å². The quantitative estimate of drug-likeness (QED) is 0.0205. The van der Waals surface area contributed by atoms with Gasteiger partial charge in [0.05, 0.1) is 139 Å². The second kappa shape index (κ2) is 39.3. The van der Waals surface area contributed by atoms with Crippen LogP contribution in [0.3, 0.4) is 0 Å². The fourth-order valence-electron chi connectivity index (χ4n) is 13.0. The largest absolute Gasteiger partial charge is 0.497 e. The van der Waals surface area contributed by atoms with Crippen molar-refractivity contribution < 1.29 is 79.4 Å². The lowest BCUT2D eigenvalue weighted by atomic mass is 9.83. The number of esters is 1. The summed E-state index contributed by atoms with van der Waals surface area (Å²) in [4.78, 5) is 23.8. The Bertz CT molecular complexity index is 2920. The Morgan fingerprint density at radius 1 is 0.548 bits per heavy atom. The van der Waals surface area contributed by atoms with Crippen molar-refractivity contribution in [2.75, 3.05) is 61.5 Å². The van der Waals surface area contributed by atoms with Crippen molar-refractivity contribution in [3.8, 4) is 11.5 Å². The molecule has 0 bridgehead atoms. The normalized spacial score (nSPS) is 26.1. The van der Waals surface area contributed by atoms with Crippen LogP contribution in [0.2, 0.25) is 72.5 Å². The molecule has 2 aromatic rings. The standard InChI is InChI=1S/C52H90O10Si2.C31H56O7Si2/c1-35-28-41(25-26-44-36(2)29-40(59-44)20-19-27-57-49(53)50(4,5)6)60-45(37(35)3)31-46-43(34-56-32-38-21-23-39(54-13)24-22-38)48(55-14)47(61-46)30-42(62-64(17,18)52(10,11)12)33-58-63(15,16)51(7,8)9;1-30(2,3)39(9,10)36-21-25(38-40(11,12)31(4,5)6)19-28-29(34-8)26(27(37-28)17-18-32)22-35-20-23-13-15-24(33-7)16-14-23/h21-24,35,40-48H,2-3,19-20,25-34H2,1,4-18H3;13-16,18,25-29H,17,19-22H2,1-12H3/t35-,40+,41+,42+,43+,44?,45?,46+,47-,48-;25-,26-,27-,28+,29+/m10/s1. The summed E-state index contributed by atoms with van der Waals surface area (Å²) in [5.74, 6) is 1.66. The molecule has 0 saturated carbocycles. The monoisotopic (exact) mass is 1530 g/mol. The zero-order valence-electron chi connectivity index (χ0n) is 70.2. The Labute approximate surface area is 635 Å². The molecule has 0 amide bonds. The summed E-state index contributed by atoms with van der Waals surface area (Å²) in [6.07, 6.45) is 6.69. The van der Waals surface area contributed by atoms with Gasteiger partial charge >= 0.3 is 5.97 Å². The van der Waals surface area contributed by atoms with Gasteiger partial charge in [0.15, 0.2) is 33.3 Å². The van der Waals surface area contributed by atoms with Gasteiger partial charge < -0.3 is 74.6 Å². The highest BCUT2D eigenvalue weighted by molar-refractivity contribution is 6.75. The maximum atomic E-state index is 12.2. The number of hydrogen-bond acceptors (Lipinski definition) is 17. The van der Waals surface area contributed by atoms with Crippen molar-refractivity contribution in [3.63, 3.8) is 0 Å². The maximum absolute atomic E-state index is 12.2. The summed E-state index contributed by atoms with van der Waals surface area (Å²) in [5, 5.41) is 0.286. The Hall–Kier alpha value is -2.95. The van der Waals surface area contributed by atoms with Gasteiger partial charge in [-0.15, -0.1) is 0 Å². The summed E-state index contributed by atoms with van der Waals surface area (Å²) < 4.78 is 96.1. The van der Waals surface area contributed by atoms with Gasteiger partial charge in [0.1, 0.15) is 17.8 Å². The zero-order valence-corrected chi connectivity index (χ0v) is 74.2. The van der Waals surface area contributed by atoms with Crippen LogP contribution >= 0.6 is 0 Å². The summed E-state index contributed by atoms with van der Waals surface area (Å²) in [6.45, 7) is 65.8. The number of carbonyl (C=O) groups excluding carboxylic acids is 2. The SMILES string of the molecule is C=C1C[C@H](CCCOC(=O)C(C)(C)C)OC1CC[C@H]1C[C@@H](C)C(=C)C(C[C@@H]2O[C@H](C[C@@H](CO[Si](C)(C)C(C)(C)C)O[Si](C)(C)C(C)(C)C)[C@H](OC)[C@H]2COCc2ccc(OC)cc2)O1.COc1ccc(COC[C@@H]2[C@@H](OC)[C@@H](C[C@@H](CO[Si](C)(C)C(C)(C)C)O[Si](C)(C)C(C)(C)C)O[C@H]2CC=O)cc1. The van der Waals surface area contributed by atoms with Gasteiger partial charge in [-0.05, 0) is 184 Å². The van der Waals surface area contributed by atoms with Crippen LogP contribution in [0.5, 0.6) is 11.5 Å². The van der Waals surface area contributed by atoms with Crippen LogP contribution in [-0.2, 0) is 83.1 Å². The smallest absolute Gasteiger partial charge is 0.311 e. The van der Waals surface area contributed by atoms with Crippen molar-refractivity contribution in [2.45, 2.75) is 334 Å². The third kappa shape index (κ3) is 26.9. The first kappa shape index (κ1) is 91.7. The second-order valence-electron chi connectivity index (χ2n) is 37.3. The summed E-state index contributed by atoms with van der Waals surface area (Å²) in [5.41, 5.74) is 3.90. The Morgan fingerprint density at radius 3 is 1.38 bits per heavy atom. The first-order chi connectivity index (χ1) is 48.1. The van der Waals surface area contributed by atoms with Gasteiger partial charge in [-0.1, -0.05) is 127 Å². The fraction of sp³-hybridized carbons (Fsp3) is 0.783. The van der Waals surface area contributed by atoms with E-state index in [0.717, 1.165) is 78.6 Å². The number of rotatable bonds is 37. The third-order valence-electron chi connectivity index (χ3n) is 24.0. The first-order valence-corrected chi connectivity index (χ1v) is 50.4. The number of carbonyl (C=O) groups is 2. The number of benzene rings is 2. The molecule has 2 unspecified atom stereocenters. The molecular formula is C83H146O17Si4. The second-order valence-corrected chi connectivity index (χ2v) is 56.4. The summed E-state index contributed by atoms with van der Waals surface area (Å²) >= 11 is 0. The van der Waals surface area contributed by atoms with Crippen LogP contribution in [0.1, 0.15) is 186 Å². The molecule has 4 saturated heterocycles. The molecule has 17 nitrogen and oxygen atoms in total. The van der Waals surface area contributed by atoms with Gasteiger partial charge in [-0.2, -0.15) is 0 Å². The lowest BCUT2D eigenvalue weighted by Crippen LogP contribution is -2.49. The lowest BCUT2D eigenvalue weighted by molar-refractivity contribution is -0.153. The van der Waals surface area contributed by atoms with Gasteiger partial charge in [0.25, 0.3) is 0 Å². The topological polar surface area (TPSA) is 173 Å². The molecule has 0 spiro atoms. The van der Waals surface area contributed by atoms with Crippen LogP contribution in [0.25, 0.3) is 0 Å². The fourth-order valence-corrected chi connectivity index (χ4v) is 17.8. The van der Waals surface area contributed by atoms with E-state index < -0.39 is 38.7 Å². The zero-order chi connectivity index (χ0) is 78.2. The highest BCUT2D eigenvalue weighted by Crippen LogP contribution is 2.46. The Balaban J connectivity index is 0.000000417. The number of aldehydes is 1. The van der Waals surface area contributed by atoms with Crippen molar-refractivity contribution >= 4 is 45.5 Å². The van der Waals surface area contributed by atoms with Crippen LogP contribution in [-0.4, -0.2) is 180 Å². The van der Waals surface area contributed by atoms with E-state index in [2.05, 4.69) is 156 Å². The minimum atomic E-state index is -2.17. The van der Waals surface area contributed by atoms with E-state index in [1.807, 2.05) is 69.3 Å². The average Bonchev–Trinajstić information content (AvgIpc) is 1.54. The number of ether oxygens (including phenoxy) is 11. The minimum absolute atomic E-state index is 0.000307. The molecular weight excluding hydrogens is 1380 g/mol. The molecule has 104 heavy (non-hydrogen) atoms. The van der Waals surface area contributed by atoms with Crippen molar-refractivity contribution in [2.24, 2.45) is 23.2 Å². The average molecular weight is 1530 g/mol. The molecule has 15 atom stereocenters. The van der Waals surface area contributed by atoms with Gasteiger partial charge in [0.2, 0.25) is 0 Å². The van der Waals surface area contributed by atoms with Gasteiger partial charge in [-0.3, -0.25) is 4.79 Å². The molecule has 0 N–H and O–H groups in total. The van der Waals surface area contributed by atoms with Crippen molar-refractivity contribution in [3.05, 3.63) is 84.0 Å². The predicted molar refractivity (Wildman–Crippen MR) is 429 cm³/mol. The Morgan fingerprint density at radius 2 is 0.971 bits per heavy atom. The molecule has 0 aliphatic carbocycles. The highest BCUT2D eigenvalue weighted by atomic mass is 28.4. The van der Waals surface area contributed by atoms with Crippen molar-refractivity contribution in [1.29, 1.82) is 0 Å². The van der Waals surface area contributed by atoms with E-state index in [1.165, 1.54) is 0 Å². The summed E-state index contributed by atoms with van der Waals surface area (Å²) in [7, 11) is -1.44. The van der Waals surface area contributed by atoms with Crippen LogP contribution in [0, 0.1) is 23.2 Å². The van der Waals surface area contributed by atoms with E-state index in [-0.39, 0.29) is 111 Å². The van der Waals surface area contributed by atoms with Crippen molar-refractivity contribution in [1.82, 2.24) is 0 Å². The van der Waals surface area contributed by atoms with Gasteiger partial charge in [-0.25, -0.2) is 0 Å². The molecule has 4 aliphatic heterocycles. The molecule has 6 rings (SSSR count). The van der Waals surface area contributed by atoms with E-state index >= 15 is 0 Å². The molecule has 596 valence electrons. The molecule has 4 heterocycles. The minimum Gasteiger partial charge on any atom is -0.497 e. The van der Waals surface area contributed by atoms with Crippen LogP contribution in [0.4, 0.5) is 0 Å². The van der Waals surface area contributed by atoms with Crippen LogP contribution < -0.4 is 9.47 Å². The molecule has 4 fully saturated rings. The van der Waals surface area contributed by atoms with Crippen LogP contribution in [0.15, 0.2) is 72.8 Å². The highest BCUT2D eigenvalue weighted by Gasteiger charge is 2.51. The molecule has 21 heteroatoms. The Kier molecular flexibility index (Phi) is 34.6. The lowest BCUT2D eigenvalue weighted by Gasteiger charge is -2.42. The third-order valence-corrected chi connectivity index (χ3v) is 42.1. The molecule has 0 radical (unpaired) electrons. The maximum Gasteiger partial charge on any atom is 0.311 e.